The van der Waals surface area contributed by atoms with E-state index in [4.69, 9.17) is 4.74 Å². The molecule has 1 aromatic heterocycles. The Labute approximate surface area is 159 Å². The average molecular weight is 364 g/mol. The molecule has 5 nitrogen and oxygen atoms in total. The molecular weight excluding hydrogens is 340 g/mol. The van der Waals surface area contributed by atoms with Crippen LogP contribution in [0.4, 0.5) is 4.79 Å². The van der Waals surface area contributed by atoms with E-state index in [0.717, 1.165) is 24.1 Å². The highest BCUT2D eigenvalue weighted by atomic mass is 16.6. The van der Waals surface area contributed by atoms with Crippen LogP contribution in [0.3, 0.4) is 0 Å². The van der Waals surface area contributed by atoms with Gasteiger partial charge in [0.1, 0.15) is 6.61 Å². The molecule has 5 heteroatoms. The lowest BCUT2D eigenvalue weighted by Gasteiger charge is -2.37. The van der Waals surface area contributed by atoms with Crippen molar-refractivity contribution in [3.63, 3.8) is 0 Å². The van der Waals surface area contributed by atoms with Crippen molar-refractivity contribution < 1.29 is 14.3 Å². The topological polar surface area (TPSA) is 59.5 Å². The number of amides is 1. The molecule has 2 fully saturated rings. The Hall–Kier alpha value is -2.69. The molecule has 2 aliphatic rings. The first-order chi connectivity index (χ1) is 13.1. The van der Waals surface area contributed by atoms with Crippen LogP contribution in [0.2, 0.25) is 0 Å². The van der Waals surface area contributed by atoms with Crippen molar-refractivity contribution in [3.05, 3.63) is 65.5 Å². The zero-order valence-electron chi connectivity index (χ0n) is 15.5. The maximum atomic E-state index is 13.0. The van der Waals surface area contributed by atoms with Crippen molar-refractivity contribution in [1.82, 2.24) is 9.88 Å². The van der Waals surface area contributed by atoms with Crippen molar-refractivity contribution >= 4 is 11.9 Å². The van der Waals surface area contributed by atoms with E-state index in [-0.39, 0.29) is 36.5 Å². The summed E-state index contributed by atoms with van der Waals surface area (Å²) < 4.78 is 5.54. The van der Waals surface area contributed by atoms with Gasteiger partial charge in [-0.15, -0.1) is 0 Å². The van der Waals surface area contributed by atoms with Gasteiger partial charge in [0.2, 0.25) is 0 Å². The normalized spacial score (nSPS) is 23.9. The second-order valence-electron chi connectivity index (χ2n) is 7.50. The summed E-state index contributed by atoms with van der Waals surface area (Å²) >= 11 is 0. The maximum Gasteiger partial charge on any atom is 0.410 e. The third-order valence-corrected chi connectivity index (χ3v) is 5.79. The van der Waals surface area contributed by atoms with E-state index in [1.807, 2.05) is 54.3 Å². The Kier molecular flexibility index (Phi) is 4.92. The summed E-state index contributed by atoms with van der Waals surface area (Å²) in [7, 11) is 0. The molecule has 2 unspecified atom stereocenters. The molecule has 2 saturated heterocycles. The van der Waals surface area contributed by atoms with Gasteiger partial charge in [-0.1, -0.05) is 30.3 Å². The molecule has 0 spiro atoms. The largest absolute Gasteiger partial charge is 0.445 e. The van der Waals surface area contributed by atoms with E-state index < -0.39 is 0 Å². The van der Waals surface area contributed by atoms with Crippen LogP contribution >= 0.6 is 0 Å². The lowest BCUT2D eigenvalue weighted by atomic mass is 9.84. The molecule has 2 aliphatic heterocycles. The number of carbonyl (C=O) groups excluding carboxylic acids is 2. The zero-order chi connectivity index (χ0) is 18.8. The van der Waals surface area contributed by atoms with Crippen LogP contribution in [0.15, 0.2) is 48.7 Å². The minimum Gasteiger partial charge on any atom is -0.445 e. The number of aromatic nitrogens is 1. The molecule has 0 aliphatic carbocycles. The third-order valence-electron chi connectivity index (χ3n) is 5.79. The second-order valence-corrected chi connectivity index (χ2v) is 7.50. The fourth-order valence-electron chi connectivity index (χ4n) is 4.45. The predicted molar refractivity (Wildman–Crippen MR) is 101 cm³/mol. The van der Waals surface area contributed by atoms with E-state index in [9.17, 15) is 9.59 Å². The van der Waals surface area contributed by atoms with Gasteiger partial charge in [0.15, 0.2) is 5.78 Å². The van der Waals surface area contributed by atoms with E-state index in [2.05, 4.69) is 4.98 Å². The van der Waals surface area contributed by atoms with Crippen molar-refractivity contribution in [2.24, 2.45) is 5.92 Å². The van der Waals surface area contributed by atoms with Gasteiger partial charge < -0.3 is 9.64 Å². The second kappa shape index (κ2) is 7.51. The molecule has 2 aromatic rings. The highest BCUT2D eigenvalue weighted by Crippen LogP contribution is 2.40. The summed E-state index contributed by atoms with van der Waals surface area (Å²) in [6.07, 6.45) is 4.77. The van der Waals surface area contributed by atoms with Crippen LogP contribution in [-0.2, 0) is 11.3 Å². The number of hydrogen-bond acceptors (Lipinski definition) is 4. The first-order valence-corrected chi connectivity index (χ1v) is 9.58. The minimum absolute atomic E-state index is 0.0384. The fourth-order valence-corrected chi connectivity index (χ4v) is 4.45. The summed E-state index contributed by atoms with van der Waals surface area (Å²) in [6.45, 7) is 2.16. The maximum absolute atomic E-state index is 13.0. The Bertz CT molecular complexity index is 822. The summed E-state index contributed by atoms with van der Waals surface area (Å²) in [4.78, 5) is 31.7. The summed E-state index contributed by atoms with van der Waals surface area (Å²) in [6, 6.07) is 13.6. The zero-order valence-corrected chi connectivity index (χ0v) is 15.5. The van der Waals surface area contributed by atoms with Gasteiger partial charge in [-0.05, 0) is 50.3 Å². The molecule has 0 N–H and O–H groups in total. The Morgan fingerprint density at radius 3 is 2.44 bits per heavy atom. The quantitative estimate of drug-likeness (QED) is 0.765. The smallest absolute Gasteiger partial charge is 0.410 e. The van der Waals surface area contributed by atoms with Gasteiger partial charge in [0.05, 0.1) is 0 Å². The number of aryl methyl sites for hydroxylation is 1. The van der Waals surface area contributed by atoms with Gasteiger partial charge in [-0.3, -0.25) is 9.78 Å². The number of piperidine rings is 1. The number of pyridine rings is 1. The van der Waals surface area contributed by atoms with Gasteiger partial charge in [0.25, 0.3) is 0 Å². The molecule has 1 aromatic carbocycles. The van der Waals surface area contributed by atoms with Gasteiger partial charge in [-0.25, -0.2) is 4.79 Å². The lowest BCUT2D eigenvalue weighted by Crippen LogP contribution is -2.48. The highest BCUT2D eigenvalue weighted by molar-refractivity contribution is 5.99. The Morgan fingerprint density at radius 2 is 1.78 bits per heavy atom. The molecule has 0 radical (unpaired) electrons. The molecular formula is C22H24N2O3. The number of hydrogen-bond donors (Lipinski definition) is 0. The molecule has 3 heterocycles. The van der Waals surface area contributed by atoms with Crippen LogP contribution in [0.5, 0.6) is 0 Å². The molecule has 2 bridgehead atoms. The number of benzene rings is 1. The number of fused-ring (bicyclic) bond motifs is 2. The summed E-state index contributed by atoms with van der Waals surface area (Å²) in [5.74, 6) is 0.123. The predicted octanol–water partition coefficient (Wildman–Crippen LogP) is 4.15. The number of ketones is 1. The highest BCUT2D eigenvalue weighted by Gasteiger charge is 2.46. The number of ether oxygens (including phenoxy) is 1. The van der Waals surface area contributed by atoms with Crippen molar-refractivity contribution in [1.29, 1.82) is 0 Å². The lowest BCUT2D eigenvalue weighted by molar-refractivity contribution is 0.0484. The average Bonchev–Trinajstić information content (AvgIpc) is 2.96. The molecule has 2 atom stereocenters. The van der Waals surface area contributed by atoms with Crippen molar-refractivity contribution in [2.75, 3.05) is 0 Å². The molecule has 1 amide bonds. The van der Waals surface area contributed by atoms with Gasteiger partial charge >= 0.3 is 6.09 Å². The van der Waals surface area contributed by atoms with Crippen LogP contribution in [0.25, 0.3) is 0 Å². The van der Waals surface area contributed by atoms with Gasteiger partial charge in [0, 0.05) is 35.5 Å². The first kappa shape index (κ1) is 17.7. The van der Waals surface area contributed by atoms with Crippen molar-refractivity contribution in [2.45, 2.75) is 51.3 Å². The standard InChI is InChI=1S/C22H24N2O3/c1-15-20(8-5-11-23-15)21(25)17-12-18-9-10-19(13-17)24(18)22(26)27-14-16-6-3-2-4-7-16/h2-8,11,17-19H,9-10,12-14H2,1H3. The molecule has 4 rings (SSSR count). The summed E-state index contributed by atoms with van der Waals surface area (Å²) in [5.41, 5.74) is 2.47. The third kappa shape index (κ3) is 3.59. The van der Waals surface area contributed by atoms with Crippen LogP contribution in [0.1, 0.15) is 47.3 Å². The number of Topliss-reactive ketones (excluding diaryl/α,β-unsaturated/α-hetero) is 1. The minimum atomic E-state index is -0.255. The van der Waals surface area contributed by atoms with E-state index in [1.54, 1.807) is 6.20 Å². The Morgan fingerprint density at radius 1 is 1.07 bits per heavy atom. The molecule has 27 heavy (non-hydrogen) atoms. The molecule has 140 valence electrons. The summed E-state index contributed by atoms with van der Waals surface area (Å²) in [5, 5.41) is 0. The van der Waals surface area contributed by atoms with Crippen LogP contribution in [0, 0.1) is 12.8 Å². The number of carbonyl (C=O) groups is 2. The van der Waals surface area contributed by atoms with E-state index in [0.29, 0.717) is 18.4 Å². The number of rotatable bonds is 4. The van der Waals surface area contributed by atoms with E-state index >= 15 is 0 Å². The first-order valence-electron chi connectivity index (χ1n) is 9.58. The van der Waals surface area contributed by atoms with Crippen LogP contribution in [-0.4, -0.2) is 33.8 Å². The number of nitrogens with zero attached hydrogens (tertiary/aromatic N) is 2. The van der Waals surface area contributed by atoms with Gasteiger partial charge in [-0.2, -0.15) is 0 Å². The molecule has 0 saturated carbocycles. The fraction of sp³-hybridized carbons (Fsp3) is 0.409. The van der Waals surface area contributed by atoms with Crippen LogP contribution < -0.4 is 0 Å². The van der Waals surface area contributed by atoms with Crippen molar-refractivity contribution in [3.8, 4) is 0 Å². The monoisotopic (exact) mass is 364 g/mol. The van der Waals surface area contributed by atoms with E-state index in [1.165, 1.54) is 0 Å². The SMILES string of the molecule is Cc1ncccc1C(=O)C1CC2CCC(C1)N2C(=O)OCc1ccccc1. The Balaban J connectivity index is 1.41.